The zero-order chi connectivity index (χ0) is 11.5. The standard InChI is InChI=1S/C10H9ClFN3O/c11-8-5-6(12)1-2-7(8)10-14-9(3-4-13)16-15-10/h1-2,5H,3-4,13H2. The highest BCUT2D eigenvalue weighted by Crippen LogP contribution is 2.26. The van der Waals surface area contributed by atoms with Gasteiger partial charge in [0.05, 0.1) is 5.02 Å². The number of rotatable bonds is 3. The summed E-state index contributed by atoms with van der Waals surface area (Å²) in [6.45, 7) is 0.429. The van der Waals surface area contributed by atoms with E-state index in [9.17, 15) is 4.39 Å². The average molecular weight is 242 g/mol. The fourth-order valence-corrected chi connectivity index (χ4v) is 1.51. The minimum atomic E-state index is -0.403. The summed E-state index contributed by atoms with van der Waals surface area (Å²) in [6.07, 6.45) is 0.506. The van der Waals surface area contributed by atoms with E-state index in [2.05, 4.69) is 10.1 Å². The van der Waals surface area contributed by atoms with Gasteiger partial charge in [-0.2, -0.15) is 4.98 Å². The van der Waals surface area contributed by atoms with Gasteiger partial charge in [-0.3, -0.25) is 0 Å². The van der Waals surface area contributed by atoms with Gasteiger partial charge in [0.1, 0.15) is 5.82 Å². The Kier molecular flexibility index (Phi) is 3.17. The van der Waals surface area contributed by atoms with Crippen molar-refractivity contribution in [2.75, 3.05) is 6.54 Å². The molecule has 0 atom stereocenters. The molecule has 0 unspecified atom stereocenters. The molecule has 16 heavy (non-hydrogen) atoms. The maximum Gasteiger partial charge on any atom is 0.228 e. The molecule has 0 fully saturated rings. The average Bonchev–Trinajstić information content (AvgIpc) is 2.67. The molecule has 0 amide bonds. The highest BCUT2D eigenvalue weighted by molar-refractivity contribution is 6.33. The van der Waals surface area contributed by atoms with E-state index >= 15 is 0 Å². The lowest BCUT2D eigenvalue weighted by molar-refractivity contribution is 0.380. The maximum atomic E-state index is 12.8. The van der Waals surface area contributed by atoms with Crippen LogP contribution in [0, 0.1) is 5.82 Å². The molecule has 0 saturated carbocycles. The first-order chi connectivity index (χ1) is 7.70. The predicted molar refractivity (Wildman–Crippen MR) is 57.5 cm³/mol. The van der Waals surface area contributed by atoms with E-state index in [1.54, 1.807) is 0 Å². The SMILES string of the molecule is NCCc1nc(-c2ccc(F)cc2Cl)no1. The number of nitrogens with zero attached hydrogens (tertiary/aromatic N) is 2. The van der Waals surface area contributed by atoms with Crippen molar-refractivity contribution in [3.8, 4) is 11.4 Å². The lowest BCUT2D eigenvalue weighted by Crippen LogP contribution is -2.02. The van der Waals surface area contributed by atoms with E-state index in [1.807, 2.05) is 0 Å². The third kappa shape index (κ3) is 2.20. The van der Waals surface area contributed by atoms with E-state index in [0.717, 1.165) is 0 Å². The molecule has 2 rings (SSSR count). The van der Waals surface area contributed by atoms with Gasteiger partial charge in [-0.15, -0.1) is 0 Å². The van der Waals surface area contributed by atoms with E-state index in [4.69, 9.17) is 21.9 Å². The molecule has 2 N–H and O–H groups in total. The van der Waals surface area contributed by atoms with Crippen LogP contribution in [0.4, 0.5) is 4.39 Å². The first-order valence-corrected chi connectivity index (χ1v) is 5.06. The lowest BCUT2D eigenvalue weighted by Gasteiger charge is -1.97. The van der Waals surface area contributed by atoms with Crippen LogP contribution in [0.2, 0.25) is 5.02 Å². The van der Waals surface area contributed by atoms with Crippen LogP contribution in [-0.2, 0) is 6.42 Å². The first-order valence-electron chi connectivity index (χ1n) is 4.69. The van der Waals surface area contributed by atoms with Crippen LogP contribution in [0.1, 0.15) is 5.89 Å². The van der Waals surface area contributed by atoms with Gasteiger partial charge in [-0.1, -0.05) is 16.8 Å². The number of hydrogen-bond acceptors (Lipinski definition) is 4. The Morgan fingerprint density at radius 3 is 2.94 bits per heavy atom. The summed E-state index contributed by atoms with van der Waals surface area (Å²) in [5.41, 5.74) is 5.89. The third-order valence-electron chi connectivity index (χ3n) is 2.00. The highest BCUT2D eigenvalue weighted by atomic mass is 35.5. The molecule has 84 valence electrons. The fraction of sp³-hybridized carbons (Fsp3) is 0.200. The van der Waals surface area contributed by atoms with Crippen molar-refractivity contribution < 1.29 is 8.91 Å². The van der Waals surface area contributed by atoms with Gasteiger partial charge >= 0.3 is 0 Å². The highest BCUT2D eigenvalue weighted by Gasteiger charge is 2.11. The van der Waals surface area contributed by atoms with Gasteiger partial charge < -0.3 is 10.3 Å². The molecule has 0 aliphatic carbocycles. The Morgan fingerprint density at radius 1 is 1.44 bits per heavy atom. The molecule has 0 radical (unpaired) electrons. The summed E-state index contributed by atoms with van der Waals surface area (Å²) in [7, 11) is 0. The van der Waals surface area contributed by atoms with Crippen LogP contribution < -0.4 is 5.73 Å². The summed E-state index contributed by atoms with van der Waals surface area (Å²) >= 11 is 5.86. The van der Waals surface area contributed by atoms with Crippen molar-refractivity contribution in [1.29, 1.82) is 0 Å². The van der Waals surface area contributed by atoms with Crippen molar-refractivity contribution >= 4 is 11.6 Å². The zero-order valence-electron chi connectivity index (χ0n) is 8.28. The summed E-state index contributed by atoms with van der Waals surface area (Å²) in [5.74, 6) is 0.380. The molecule has 6 heteroatoms. The maximum absolute atomic E-state index is 12.8. The Morgan fingerprint density at radius 2 is 2.25 bits per heavy atom. The van der Waals surface area contributed by atoms with E-state index in [-0.39, 0.29) is 5.02 Å². The third-order valence-corrected chi connectivity index (χ3v) is 2.31. The largest absolute Gasteiger partial charge is 0.339 e. The van der Waals surface area contributed by atoms with E-state index < -0.39 is 5.82 Å². The van der Waals surface area contributed by atoms with E-state index in [1.165, 1.54) is 18.2 Å². The van der Waals surface area contributed by atoms with Crippen molar-refractivity contribution in [3.05, 3.63) is 34.9 Å². The predicted octanol–water partition coefficient (Wildman–Crippen LogP) is 2.03. The van der Waals surface area contributed by atoms with Crippen LogP contribution in [0.25, 0.3) is 11.4 Å². The molecular formula is C10H9ClFN3O. The number of benzene rings is 1. The Hall–Kier alpha value is -1.46. The summed E-state index contributed by atoms with van der Waals surface area (Å²) < 4.78 is 17.8. The molecule has 1 heterocycles. The molecular weight excluding hydrogens is 233 g/mol. The Balaban J connectivity index is 2.35. The van der Waals surface area contributed by atoms with Gasteiger partial charge in [-0.05, 0) is 18.2 Å². The molecule has 0 aliphatic heterocycles. The fourth-order valence-electron chi connectivity index (χ4n) is 1.26. The van der Waals surface area contributed by atoms with Gasteiger partial charge in [-0.25, -0.2) is 4.39 Å². The minimum Gasteiger partial charge on any atom is -0.339 e. The molecule has 2 aromatic rings. The molecule has 4 nitrogen and oxygen atoms in total. The Labute approximate surface area is 96.2 Å². The second-order valence-corrected chi connectivity index (χ2v) is 3.58. The topological polar surface area (TPSA) is 64.9 Å². The number of halogens is 2. The van der Waals surface area contributed by atoms with Crippen LogP contribution in [0.15, 0.2) is 22.7 Å². The Bertz CT molecular complexity index is 501. The quantitative estimate of drug-likeness (QED) is 0.893. The normalized spacial score (nSPS) is 10.7. The lowest BCUT2D eigenvalue weighted by atomic mass is 10.2. The van der Waals surface area contributed by atoms with Crippen LogP contribution >= 0.6 is 11.6 Å². The monoisotopic (exact) mass is 241 g/mol. The van der Waals surface area contributed by atoms with Crippen molar-refractivity contribution in [1.82, 2.24) is 10.1 Å². The van der Waals surface area contributed by atoms with Gasteiger partial charge in [0, 0.05) is 18.5 Å². The molecule has 0 aliphatic rings. The zero-order valence-corrected chi connectivity index (χ0v) is 9.04. The number of hydrogen-bond donors (Lipinski definition) is 1. The van der Waals surface area contributed by atoms with E-state index in [0.29, 0.717) is 30.2 Å². The van der Waals surface area contributed by atoms with Gasteiger partial charge in [0.25, 0.3) is 0 Å². The second-order valence-electron chi connectivity index (χ2n) is 3.17. The summed E-state index contributed by atoms with van der Waals surface area (Å²) in [5, 5.41) is 4.00. The molecule has 0 bridgehead atoms. The van der Waals surface area contributed by atoms with Crippen LogP contribution in [0.5, 0.6) is 0 Å². The van der Waals surface area contributed by atoms with Gasteiger partial charge in [0.2, 0.25) is 11.7 Å². The molecule has 1 aromatic carbocycles. The molecule has 1 aromatic heterocycles. The summed E-state index contributed by atoms with van der Waals surface area (Å²) in [6, 6.07) is 4.00. The summed E-state index contributed by atoms with van der Waals surface area (Å²) in [4.78, 5) is 4.10. The molecule has 0 spiro atoms. The second kappa shape index (κ2) is 4.59. The van der Waals surface area contributed by atoms with Crippen molar-refractivity contribution in [2.45, 2.75) is 6.42 Å². The van der Waals surface area contributed by atoms with Gasteiger partial charge in [0.15, 0.2) is 0 Å². The number of nitrogens with two attached hydrogens (primary N) is 1. The molecule has 0 saturated heterocycles. The van der Waals surface area contributed by atoms with Crippen LogP contribution in [0.3, 0.4) is 0 Å². The van der Waals surface area contributed by atoms with Crippen LogP contribution in [-0.4, -0.2) is 16.7 Å². The first kappa shape index (κ1) is 11.0. The minimum absolute atomic E-state index is 0.250. The van der Waals surface area contributed by atoms with Crippen molar-refractivity contribution in [3.63, 3.8) is 0 Å². The number of aromatic nitrogens is 2. The smallest absolute Gasteiger partial charge is 0.228 e. The van der Waals surface area contributed by atoms with Crippen molar-refractivity contribution in [2.24, 2.45) is 5.73 Å².